The molecule has 160 valence electrons. The summed E-state index contributed by atoms with van der Waals surface area (Å²) in [5.41, 5.74) is 0. The van der Waals surface area contributed by atoms with Gasteiger partial charge in [-0.1, -0.05) is 92.4 Å². The summed E-state index contributed by atoms with van der Waals surface area (Å²) in [7, 11) is 0. The fourth-order valence-corrected chi connectivity index (χ4v) is 1.22. The third-order valence-electron chi connectivity index (χ3n) is 2.68. The molecular weight excluding hydrogens is 435 g/mol. The first-order chi connectivity index (χ1) is 10.2. The summed E-state index contributed by atoms with van der Waals surface area (Å²) in [5, 5.41) is 8.20. The van der Waals surface area contributed by atoms with Crippen LogP contribution in [0, 0.1) is 13.8 Å². The summed E-state index contributed by atoms with van der Waals surface area (Å²) in [6.07, 6.45) is 14.7. The van der Waals surface area contributed by atoms with Gasteiger partial charge in [0, 0.05) is 26.1 Å². The molecule has 0 aliphatic rings. The van der Waals surface area contributed by atoms with Crippen LogP contribution in [-0.4, -0.2) is 28.1 Å². The van der Waals surface area contributed by atoms with E-state index in [1.165, 1.54) is 51.4 Å². The zero-order valence-corrected chi connectivity index (χ0v) is 24.9. The Labute approximate surface area is 193 Å². The van der Waals surface area contributed by atoms with Crippen LogP contribution in [0.3, 0.4) is 0 Å². The molecule has 0 aromatic carbocycles. The van der Waals surface area contributed by atoms with Crippen molar-refractivity contribution in [1.29, 1.82) is 0 Å². The van der Waals surface area contributed by atoms with E-state index < -0.39 is 0 Å². The van der Waals surface area contributed by atoms with E-state index in [1.54, 1.807) is 0 Å². The maximum atomic E-state index is 8.20. The minimum Gasteiger partial charge on any atom is -0.412 e. The molecule has 0 aliphatic carbocycles. The van der Waals surface area contributed by atoms with Crippen LogP contribution in [0.5, 0.6) is 0 Å². The number of aliphatic hydroxyl groups excluding tert-OH is 1. The second kappa shape index (κ2) is 82.7. The maximum absolute atomic E-state index is 8.20. The van der Waals surface area contributed by atoms with Crippen molar-refractivity contribution in [2.75, 3.05) is 6.61 Å². The van der Waals surface area contributed by atoms with E-state index >= 15 is 0 Å². The smallest absolute Gasteiger partial charge is 0.412 e. The SMILES string of the molecule is CCCCC.CCCCCO.O.O.O.[CH2-]CCCC.[CH2-]CCCC.[H+].[Zn+2].[Zn]. The minimum absolute atomic E-state index is 0. The quantitative estimate of drug-likeness (QED) is 0.274. The van der Waals surface area contributed by atoms with Gasteiger partial charge in [-0.25, -0.2) is 0 Å². The Morgan fingerprint density at radius 2 is 0.846 bits per heavy atom. The van der Waals surface area contributed by atoms with Crippen LogP contribution < -0.4 is 0 Å². The fraction of sp³-hybridized carbons (Fsp3) is 0.900. The summed E-state index contributed by atoms with van der Waals surface area (Å²) in [4.78, 5) is 0. The molecule has 0 rings (SSSR count). The molecule has 0 saturated carbocycles. The Balaban J connectivity index is -0.0000000167. The zero-order valence-electron chi connectivity index (χ0n) is 20.0. The Bertz CT molecular complexity index is 104. The van der Waals surface area contributed by atoms with Gasteiger partial charge in [0.15, 0.2) is 0 Å². The Morgan fingerprint density at radius 3 is 0.885 bits per heavy atom. The number of hydrogen-bond donors (Lipinski definition) is 1. The summed E-state index contributed by atoms with van der Waals surface area (Å²) in [5.74, 6) is 0. The molecular formula is C20H53O4Zn2+. The molecule has 0 amide bonds. The predicted molar refractivity (Wildman–Crippen MR) is 114 cm³/mol. The van der Waals surface area contributed by atoms with Crippen molar-refractivity contribution in [2.24, 2.45) is 0 Å². The van der Waals surface area contributed by atoms with Gasteiger partial charge in [-0.2, -0.15) is 12.8 Å². The molecule has 6 heteroatoms. The number of aliphatic hydroxyl groups is 1. The van der Waals surface area contributed by atoms with Crippen molar-refractivity contribution < 1.29 is 61.9 Å². The van der Waals surface area contributed by atoms with Gasteiger partial charge in [0.1, 0.15) is 0 Å². The first-order valence-electron chi connectivity index (χ1n) is 9.35. The van der Waals surface area contributed by atoms with Crippen molar-refractivity contribution in [3.8, 4) is 0 Å². The second-order valence-corrected chi connectivity index (χ2v) is 5.20. The van der Waals surface area contributed by atoms with Crippen LogP contribution in [0.25, 0.3) is 0 Å². The molecule has 0 spiro atoms. The molecule has 0 radical (unpaired) electrons. The fourth-order valence-electron chi connectivity index (χ4n) is 1.22. The monoisotopic (exact) mass is 485 g/mol. The predicted octanol–water partition coefficient (Wildman–Crippen LogP) is 5.02. The summed E-state index contributed by atoms with van der Waals surface area (Å²) in [6, 6.07) is 0. The van der Waals surface area contributed by atoms with Crippen LogP contribution >= 0.6 is 0 Å². The summed E-state index contributed by atoms with van der Waals surface area (Å²) in [6.45, 7) is 18.6. The number of unbranched alkanes of at least 4 members (excludes halogenated alkanes) is 8. The molecule has 0 atom stereocenters. The number of hydrogen-bond acceptors (Lipinski definition) is 1. The Hall–Kier alpha value is 1.09. The van der Waals surface area contributed by atoms with E-state index in [-0.39, 0.29) is 56.8 Å². The molecule has 7 N–H and O–H groups in total. The van der Waals surface area contributed by atoms with Gasteiger partial charge >= 0.3 is 20.9 Å². The molecule has 0 fully saturated rings. The van der Waals surface area contributed by atoms with Gasteiger partial charge in [0.25, 0.3) is 0 Å². The average molecular weight is 488 g/mol. The standard InChI is InChI=1S/C5H12O.C5H12.2C5H11.3H2O.2Zn/c1-2-3-4-5-6;3*1-3-5-4-2;;;;;/h6H,2-5H2,1H3;3-5H2,1-2H3;2*1,3-5H2,2H3;3*1H2;;/q;;2*-1;;;;;+2/p+1. The van der Waals surface area contributed by atoms with Gasteiger partial charge < -0.3 is 35.4 Å². The molecule has 0 bridgehead atoms. The molecule has 0 heterocycles. The minimum atomic E-state index is 0. The van der Waals surface area contributed by atoms with Crippen molar-refractivity contribution in [3.05, 3.63) is 13.8 Å². The van der Waals surface area contributed by atoms with E-state index in [9.17, 15) is 0 Å². The third-order valence-corrected chi connectivity index (χ3v) is 2.68. The van der Waals surface area contributed by atoms with E-state index in [0.29, 0.717) is 6.61 Å². The van der Waals surface area contributed by atoms with E-state index in [2.05, 4.69) is 48.5 Å². The molecule has 0 unspecified atom stereocenters. The summed E-state index contributed by atoms with van der Waals surface area (Å²) < 4.78 is 0. The van der Waals surface area contributed by atoms with Crippen LogP contribution in [0.2, 0.25) is 0 Å². The normalized spacial score (nSPS) is 6.92. The summed E-state index contributed by atoms with van der Waals surface area (Å²) >= 11 is 0. The molecule has 4 nitrogen and oxygen atoms in total. The van der Waals surface area contributed by atoms with Crippen molar-refractivity contribution in [1.82, 2.24) is 0 Å². The maximum Gasteiger partial charge on any atom is 2.00 e. The van der Waals surface area contributed by atoms with Crippen LogP contribution in [0.15, 0.2) is 0 Å². The van der Waals surface area contributed by atoms with E-state index in [1.807, 2.05) is 0 Å². The molecule has 0 saturated heterocycles. The van der Waals surface area contributed by atoms with Crippen LogP contribution in [0.1, 0.15) is 113 Å². The largest absolute Gasteiger partial charge is 2.00 e. The van der Waals surface area contributed by atoms with Crippen molar-refractivity contribution in [3.63, 3.8) is 0 Å². The van der Waals surface area contributed by atoms with Crippen LogP contribution in [0.4, 0.5) is 0 Å². The van der Waals surface area contributed by atoms with Gasteiger partial charge in [0.2, 0.25) is 0 Å². The molecule has 0 aromatic heterocycles. The van der Waals surface area contributed by atoms with Gasteiger partial charge in [-0.3, -0.25) is 0 Å². The first kappa shape index (κ1) is 56.3. The third kappa shape index (κ3) is 143. The second-order valence-electron chi connectivity index (χ2n) is 5.20. The topological polar surface area (TPSA) is 115 Å². The Morgan fingerprint density at radius 1 is 0.577 bits per heavy atom. The van der Waals surface area contributed by atoms with Crippen molar-refractivity contribution >= 4 is 0 Å². The number of rotatable bonds is 9. The first-order valence-corrected chi connectivity index (χ1v) is 9.35. The molecule has 0 aliphatic heterocycles. The molecule has 0 aromatic rings. The average Bonchev–Trinajstić information content (AvgIpc) is 2.49. The molecule has 26 heavy (non-hydrogen) atoms. The van der Waals surface area contributed by atoms with E-state index in [4.69, 9.17) is 5.11 Å². The van der Waals surface area contributed by atoms with Gasteiger partial charge in [-0.15, -0.1) is 0 Å². The van der Waals surface area contributed by atoms with Crippen LogP contribution in [-0.2, 0) is 39.0 Å². The van der Waals surface area contributed by atoms with Crippen molar-refractivity contribution in [2.45, 2.75) is 112 Å². The Kier molecular flexibility index (Phi) is 179. The zero-order chi connectivity index (χ0) is 17.2. The van der Waals surface area contributed by atoms with E-state index in [0.717, 1.165) is 25.7 Å². The van der Waals surface area contributed by atoms with Gasteiger partial charge in [-0.05, 0) is 6.42 Å². The van der Waals surface area contributed by atoms with Gasteiger partial charge in [0.05, 0.1) is 0 Å².